The normalized spacial score (nSPS) is 15.3. The summed E-state index contributed by atoms with van der Waals surface area (Å²) in [6.45, 7) is 0. The lowest BCUT2D eigenvalue weighted by molar-refractivity contribution is -0.114. The molecule has 9 heteroatoms. The van der Waals surface area contributed by atoms with E-state index in [0.29, 0.717) is 5.69 Å². The summed E-state index contributed by atoms with van der Waals surface area (Å²) in [5.74, 6) is -1.14. The van der Waals surface area contributed by atoms with Crippen molar-refractivity contribution in [1.82, 2.24) is 0 Å². The number of hydrogen-bond donors (Lipinski definition) is 2. The lowest BCUT2D eigenvalue weighted by Gasteiger charge is -2.19. The Kier molecular flexibility index (Phi) is 5.51. The molecule has 0 aromatic heterocycles. The number of thioether (sulfide) groups is 1. The Hall–Kier alpha value is -1.37. The second kappa shape index (κ2) is 7.48. The number of carbonyl (C=O) groups is 2. The number of benzene rings is 2. The van der Waals surface area contributed by atoms with E-state index in [-0.39, 0.29) is 30.7 Å². The SMILES string of the molecule is O=C(Nc1ccc(Cl)c(Cl)c1Cl)/C(Cl)=C1/Sc2ccccc2NC1=O. The van der Waals surface area contributed by atoms with Crippen LogP contribution in [0, 0.1) is 0 Å². The van der Waals surface area contributed by atoms with Gasteiger partial charge in [-0.15, -0.1) is 0 Å². The van der Waals surface area contributed by atoms with Crippen LogP contribution in [0.2, 0.25) is 15.1 Å². The van der Waals surface area contributed by atoms with Gasteiger partial charge in [0.25, 0.3) is 11.8 Å². The van der Waals surface area contributed by atoms with Crippen molar-refractivity contribution in [3.8, 4) is 0 Å². The summed E-state index contributed by atoms with van der Waals surface area (Å²) >= 11 is 25.1. The second-order valence-corrected chi connectivity index (χ2v) is 7.47. The number of amides is 2. The topological polar surface area (TPSA) is 58.2 Å². The molecule has 0 bridgehead atoms. The van der Waals surface area contributed by atoms with E-state index in [4.69, 9.17) is 46.4 Å². The van der Waals surface area contributed by atoms with Gasteiger partial charge in [-0.25, -0.2) is 0 Å². The summed E-state index contributed by atoms with van der Waals surface area (Å²) in [6, 6.07) is 10.2. The monoisotopic (exact) mass is 432 g/mol. The van der Waals surface area contributed by atoms with Crippen LogP contribution in [0.25, 0.3) is 0 Å². The molecule has 0 unspecified atom stereocenters. The van der Waals surface area contributed by atoms with Gasteiger partial charge in [-0.1, -0.05) is 70.3 Å². The van der Waals surface area contributed by atoms with Gasteiger partial charge in [0.1, 0.15) is 9.94 Å². The Bertz CT molecular complexity index is 930. The lowest BCUT2D eigenvalue weighted by atomic mass is 10.3. The van der Waals surface area contributed by atoms with E-state index in [0.717, 1.165) is 16.7 Å². The summed E-state index contributed by atoms with van der Waals surface area (Å²) in [6.07, 6.45) is 0. The maximum atomic E-state index is 12.4. The van der Waals surface area contributed by atoms with Crippen LogP contribution in [-0.2, 0) is 9.59 Å². The number of para-hydroxylation sites is 1. The van der Waals surface area contributed by atoms with Gasteiger partial charge in [0.15, 0.2) is 0 Å². The van der Waals surface area contributed by atoms with Crippen molar-refractivity contribution in [2.45, 2.75) is 4.90 Å². The fraction of sp³-hybridized carbons (Fsp3) is 0. The van der Waals surface area contributed by atoms with Gasteiger partial charge in [0.2, 0.25) is 0 Å². The molecule has 128 valence electrons. The number of anilines is 2. The maximum Gasteiger partial charge on any atom is 0.268 e. The van der Waals surface area contributed by atoms with Gasteiger partial charge in [0, 0.05) is 4.90 Å². The highest BCUT2D eigenvalue weighted by atomic mass is 35.5. The standard InChI is InChI=1S/C16H8Cl4N2O2S/c17-7-5-6-9(12(19)11(7)18)22-15(23)13(20)14-16(24)21-8-3-1-2-4-10(8)25-14/h1-6H,(H,21,24)(H,22,23)/b14-13-. The summed E-state index contributed by atoms with van der Waals surface area (Å²) in [4.78, 5) is 25.5. The highest BCUT2D eigenvalue weighted by Crippen LogP contribution is 2.40. The number of rotatable bonds is 2. The Morgan fingerprint density at radius 1 is 1.04 bits per heavy atom. The maximum absolute atomic E-state index is 12.4. The third kappa shape index (κ3) is 3.76. The molecular weight excluding hydrogens is 426 g/mol. The fourth-order valence-corrected chi connectivity index (χ4v) is 3.79. The van der Waals surface area contributed by atoms with Crippen molar-refractivity contribution >= 4 is 81.4 Å². The van der Waals surface area contributed by atoms with Crippen molar-refractivity contribution in [3.05, 3.63) is 61.4 Å². The van der Waals surface area contributed by atoms with E-state index in [1.165, 1.54) is 12.1 Å². The largest absolute Gasteiger partial charge is 0.320 e. The zero-order valence-electron chi connectivity index (χ0n) is 12.2. The molecule has 0 fully saturated rings. The minimum Gasteiger partial charge on any atom is -0.320 e. The number of nitrogens with one attached hydrogen (secondary N) is 2. The number of hydrogen-bond acceptors (Lipinski definition) is 3. The quantitative estimate of drug-likeness (QED) is 0.466. The van der Waals surface area contributed by atoms with Gasteiger partial charge in [0.05, 0.1) is 26.4 Å². The molecule has 1 aliphatic rings. The second-order valence-electron chi connectivity index (χ2n) is 4.87. The van der Waals surface area contributed by atoms with E-state index in [2.05, 4.69) is 10.6 Å². The fourth-order valence-electron chi connectivity index (χ4n) is 2.04. The van der Waals surface area contributed by atoms with Gasteiger partial charge >= 0.3 is 0 Å². The lowest BCUT2D eigenvalue weighted by Crippen LogP contribution is -2.22. The predicted octanol–water partition coefficient (Wildman–Crippen LogP) is 5.78. The predicted molar refractivity (Wildman–Crippen MR) is 104 cm³/mol. The average molecular weight is 434 g/mol. The van der Waals surface area contributed by atoms with E-state index < -0.39 is 11.8 Å². The molecule has 0 saturated carbocycles. The molecule has 2 aromatic carbocycles. The number of carbonyl (C=O) groups excluding carboxylic acids is 2. The Labute approximate surface area is 167 Å². The zero-order chi connectivity index (χ0) is 18.1. The van der Waals surface area contributed by atoms with Crippen molar-refractivity contribution in [2.75, 3.05) is 10.6 Å². The first-order valence-corrected chi connectivity index (χ1v) is 9.14. The number of fused-ring (bicyclic) bond motifs is 1. The minimum absolute atomic E-state index is 0.0862. The molecule has 1 heterocycles. The van der Waals surface area contributed by atoms with Crippen LogP contribution in [0.15, 0.2) is 51.2 Å². The van der Waals surface area contributed by atoms with Crippen LogP contribution in [-0.4, -0.2) is 11.8 Å². The highest BCUT2D eigenvalue weighted by molar-refractivity contribution is 8.04. The van der Waals surface area contributed by atoms with Crippen molar-refractivity contribution in [1.29, 1.82) is 0 Å². The molecule has 0 saturated heterocycles. The molecule has 2 amide bonds. The molecule has 3 rings (SSSR count). The molecular formula is C16H8Cl4N2O2S. The Balaban J connectivity index is 1.89. The average Bonchev–Trinajstić information content (AvgIpc) is 2.61. The van der Waals surface area contributed by atoms with Crippen LogP contribution < -0.4 is 10.6 Å². The third-order valence-corrected chi connectivity index (χ3v) is 6.17. The van der Waals surface area contributed by atoms with E-state index in [1.54, 1.807) is 12.1 Å². The first-order valence-electron chi connectivity index (χ1n) is 6.81. The molecule has 0 spiro atoms. The summed E-state index contributed by atoms with van der Waals surface area (Å²) in [7, 11) is 0. The molecule has 0 radical (unpaired) electrons. The Morgan fingerprint density at radius 2 is 1.76 bits per heavy atom. The zero-order valence-corrected chi connectivity index (χ0v) is 16.0. The molecule has 2 aromatic rings. The third-order valence-electron chi connectivity index (χ3n) is 3.24. The van der Waals surface area contributed by atoms with Crippen molar-refractivity contribution < 1.29 is 9.59 Å². The minimum atomic E-state index is -0.681. The highest BCUT2D eigenvalue weighted by Gasteiger charge is 2.27. The molecule has 4 nitrogen and oxygen atoms in total. The molecule has 25 heavy (non-hydrogen) atoms. The van der Waals surface area contributed by atoms with Crippen LogP contribution in [0.5, 0.6) is 0 Å². The van der Waals surface area contributed by atoms with Crippen LogP contribution in [0.4, 0.5) is 11.4 Å². The van der Waals surface area contributed by atoms with Crippen LogP contribution >= 0.6 is 58.2 Å². The summed E-state index contributed by atoms with van der Waals surface area (Å²) in [5.41, 5.74) is 0.903. The smallest absolute Gasteiger partial charge is 0.268 e. The van der Waals surface area contributed by atoms with E-state index >= 15 is 0 Å². The summed E-state index contributed by atoms with van der Waals surface area (Å²) < 4.78 is 0. The molecule has 0 atom stereocenters. The van der Waals surface area contributed by atoms with Crippen LogP contribution in [0.3, 0.4) is 0 Å². The first-order chi connectivity index (χ1) is 11.9. The molecule has 0 aliphatic carbocycles. The molecule has 1 aliphatic heterocycles. The van der Waals surface area contributed by atoms with Gasteiger partial charge in [-0.3, -0.25) is 9.59 Å². The Morgan fingerprint density at radius 3 is 2.52 bits per heavy atom. The molecule has 2 N–H and O–H groups in total. The van der Waals surface area contributed by atoms with Crippen molar-refractivity contribution in [3.63, 3.8) is 0 Å². The van der Waals surface area contributed by atoms with Crippen molar-refractivity contribution in [2.24, 2.45) is 0 Å². The van der Waals surface area contributed by atoms with Gasteiger partial charge in [-0.05, 0) is 24.3 Å². The van der Waals surface area contributed by atoms with Crippen LogP contribution in [0.1, 0.15) is 0 Å². The van der Waals surface area contributed by atoms with Gasteiger partial charge in [-0.2, -0.15) is 0 Å². The van der Waals surface area contributed by atoms with E-state index in [1.807, 2.05) is 12.1 Å². The van der Waals surface area contributed by atoms with E-state index in [9.17, 15) is 9.59 Å². The number of halogens is 4. The van der Waals surface area contributed by atoms with Gasteiger partial charge < -0.3 is 10.6 Å². The summed E-state index contributed by atoms with van der Waals surface area (Å²) in [5, 5.41) is 5.42. The first kappa shape index (κ1) is 18.4.